The first kappa shape index (κ1) is 25.1. The first-order chi connectivity index (χ1) is 15.8. The number of anilines is 1. The zero-order valence-electron chi connectivity index (χ0n) is 18.6. The van der Waals surface area contributed by atoms with E-state index in [4.69, 9.17) is 14.2 Å². The minimum atomic E-state index is -0.458. The monoisotopic (exact) mass is 550 g/mol. The zero-order valence-corrected chi connectivity index (χ0v) is 21.8. The molecule has 0 bridgehead atoms. The number of aryl methyl sites for hydroxylation is 2. The molecule has 0 saturated carbocycles. The summed E-state index contributed by atoms with van der Waals surface area (Å²) in [5.74, 6) is 0.426. The molecule has 1 N–H and O–H groups in total. The molecule has 1 amide bonds. The van der Waals surface area contributed by atoms with Crippen molar-refractivity contribution < 1.29 is 23.8 Å². The number of aromatic nitrogens is 1. The molecule has 33 heavy (non-hydrogen) atoms. The van der Waals surface area contributed by atoms with Crippen LogP contribution in [0.1, 0.15) is 11.1 Å². The Morgan fingerprint density at radius 3 is 2.58 bits per heavy atom. The number of amides is 1. The summed E-state index contributed by atoms with van der Waals surface area (Å²) in [5, 5.41) is 4.89. The fraction of sp³-hybridized carbons (Fsp3) is 0.261. The number of thioether (sulfide) groups is 1. The van der Waals surface area contributed by atoms with Crippen LogP contribution in [0.3, 0.4) is 0 Å². The molecule has 0 atom stereocenters. The van der Waals surface area contributed by atoms with Gasteiger partial charge in [0.05, 0.1) is 25.7 Å². The van der Waals surface area contributed by atoms with Crippen molar-refractivity contribution in [3.63, 3.8) is 0 Å². The van der Waals surface area contributed by atoms with Gasteiger partial charge in [-0.05, 0) is 55.3 Å². The molecule has 0 fully saturated rings. The Morgan fingerprint density at radius 1 is 1.09 bits per heavy atom. The summed E-state index contributed by atoms with van der Waals surface area (Å²) >= 11 is 6.16. The zero-order chi connectivity index (χ0) is 24.0. The lowest BCUT2D eigenvalue weighted by atomic mass is 10.1. The predicted molar refractivity (Wildman–Crippen MR) is 135 cm³/mol. The molecule has 1 aromatic heterocycles. The normalized spacial score (nSPS) is 10.6. The second kappa shape index (κ2) is 11.5. The molecule has 0 spiro atoms. The van der Waals surface area contributed by atoms with Crippen LogP contribution in [0.25, 0.3) is 11.3 Å². The maximum Gasteiger partial charge on any atom is 0.316 e. The number of hydrogen-bond donors (Lipinski definition) is 1. The van der Waals surface area contributed by atoms with Gasteiger partial charge in [0.2, 0.25) is 0 Å². The van der Waals surface area contributed by atoms with Gasteiger partial charge in [0, 0.05) is 20.3 Å². The van der Waals surface area contributed by atoms with Crippen molar-refractivity contribution in [2.75, 3.05) is 31.9 Å². The van der Waals surface area contributed by atoms with E-state index in [-0.39, 0.29) is 12.4 Å². The lowest BCUT2D eigenvalue weighted by Gasteiger charge is -2.09. The van der Waals surface area contributed by atoms with Crippen molar-refractivity contribution in [1.29, 1.82) is 0 Å². The van der Waals surface area contributed by atoms with Crippen molar-refractivity contribution in [2.24, 2.45) is 0 Å². The van der Waals surface area contributed by atoms with E-state index in [0.29, 0.717) is 22.3 Å². The first-order valence-corrected chi connectivity index (χ1v) is 12.5. The molecular formula is C23H23BrN2O5S2. The van der Waals surface area contributed by atoms with Crippen LogP contribution in [0.15, 0.2) is 45.1 Å². The van der Waals surface area contributed by atoms with Gasteiger partial charge in [-0.2, -0.15) is 0 Å². The van der Waals surface area contributed by atoms with Gasteiger partial charge in [-0.3, -0.25) is 14.9 Å². The number of rotatable bonds is 9. The fourth-order valence-electron chi connectivity index (χ4n) is 2.85. The van der Waals surface area contributed by atoms with Crippen LogP contribution in [0.2, 0.25) is 0 Å². The highest BCUT2D eigenvalue weighted by molar-refractivity contribution is 9.10. The SMILES string of the molecule is COc1ccc(-c2csc(NC(=O)COC(=O)CSc3cc(C)c(Br)cc3C)n2)cc1OC. The fourth-order valence-corrected chi connectivity index (χ4v) is 4.95. The molecule has 1 heterocycles. The molecule has 3 rings (SSSR count). The van der Waals surface area contributed by atoms with Crippen LogP contribution < -0.4 is 14.8 Å². The van der Waals surface area contributed by atoms with Gasteiger partial charge in [-0.1, -0.05) is 15.9 Å². The third kappa shape index (κ3) is 6.72. The topological polar surface area (TPSA) is 86.8 Å². The number of methoxy groups -OCH3 is 2. The third-order valence-electron chi connectivity index (χ3n) is 4.60. The van der Waals surface area contributed by atoms with Crippen LogP contribution in [-0.4, -0.2) is 43.4 Å². The number of benzene rings is 2. The van der Waals surface area contributed by atoms with E-state index in [2.05, 4.69) is 26.2 Å². The number of nitrogens with one attached hydrogen (secondary N) is 1. The predicted octanol–water partition coefficient (Wildman–Crippen LogP) is 5.48. The Morgan fingerprint density at radius 2 is 1.85 bits per heavy atom. The van der Waals surface area contributed by atoms with Crippen molar-refractivity contribution in [3.8, 4) is 22.8 Å². The molecule has 0 saturated heterocycles. The Hall–Kier alpha value is -2.56. The van der Waals surface area contributed by atoms with Crippen LogP contribution in [-0.2, 0) is 14.3 Å². The summed E-state index contributed by atoms with van der Waals surface area (Å²) in [6.07, 6.45) is 0. The minimum Gasteiger partial charge on any atom is -0.493 e. The average Bonchev–Trinajstić information content (AvgIpc) is 3.27. The van der Waals surface area contributed by atoms with Crippen LogP contribution >= 0.6 is 39.0 Å². The van der Waals surface area contributed by atoms with Crippen molar-refractivity contribution in [1.82, 2.24) is 4.98 Å². The highest BCUT2D eigenvalue weighted by Gasteiger charge is 2.13. The largest absolute Gasteiger partial charge is 0.493 e. The smallest absolute Gasteiger partial charge is 0.316 e. The standard InChI is InChI=1S/C23H23BrN2O5S2/c1-13-8-20(14(2)7-16(13)24)32-12-22(28)31-10-21(27)26-23-25-17(11-33-23)15-5-6-18(29-3)19(9-15)30-4/h5-9,11H,10,12H2,1-4H3,(H,25,26,27). The van der Waals surface area contributed by atoms with Crippen LogP contribution in [0.5, 0.6) is 11.5 Å². The molecule has 0 aliphatic rings. The van der Waals surface area contributed by atoms with Gasteiger partial charge in [0.25, 0.3) is 5.91 Å². The first-order valence-electron chi connectivity index (χ1n) is 9.83. The summed E-state index contributed by atoms with van der Waals surface area (Å²) in [4.78, 5) is 29.7. The average molecular weight is 551 g/mol. The van der Waals surface area contributed by atoms with E-state index < -0.39 is 11.9 Å². The lowest BCUT2D eigenvalue weighted by Crippen LogP contribution is -2.21. The van der Waals surface area contributed by atoms with Crippen molar-refractivity contribution >= 4 is 56.0 Å². The molecule has 0 aliphatic carbocycles. The molecule has 0 aliphatic heterocycles. The van der Waals surface area contributed by atoms with E-state index in [1.165, 1.54) is 23.1 Å². The third-order valence-corrected chi connectivity index (χ3v) is 7.34. The van der Waals surface area contributed by atoms with Gasteiger partial charge in [0.15, 0.2) is 23.2 Å². The number of hydrogen-bond acceptors (Lipinski definition) is 8. The van der Waals surface area contributed by atoms with E-state index in [1.807, 2.05) is 43.5 Å². The van der Waals surface area contributed by atoms with E-state index in [1.54, 1.807) is 20.3 Å². The molecule has 7 nitrogen and oxygen atoms in total. The van der Waals surface area contributed by atoms with Gasteiger partial charge < -0.3 is 14.2 Å². The number of halogens is 1. The Bertz CT molecular complexity index is 1170. The van der Waals surface area contributed by atoms with Crippen LogP contribution in [0.4, 0.5) is 5.13 Å². The molecule has 0 unspecified atom stereocenters. The lowest BCUT2D eigenvalue weighted by molar-refractivity contribution is -0.144. The van der Waals surface area contributed by atoms with Crippen molar-refractivity contribution in [2.45, 2.75) is 18.7 Å². The summed E-state index contributed by atoms with van der Waals surface area (Å²) < 4.78 is 16.7. The number of thiazole rings is 1. The number of esters is 1. The van der Waals surface area contributed by atoms with Crippen LogP contribution in [0, 0.1) is 13.8 Å². The molecule has 3 aromatic rings. The second-order valence-corrected chi connectivity index (χ2v) is 9.70. The van der Waals surface area contributed by atoms with Crippen molar-refractivity contribution in [3.05, 3.63) is 51.3 Å². The summed E-state index contributed by atoms with van der Waals surface area (Å²) in [6, 6.07) is 9.49. The molecule has 10 heteroatoms. The number of ether oxygens (including phenoxy) is 3. The Balaban J connectivity index is 1.50. The summed E-state index contributed by atoms with van der Waals surface area (Å²) in [5.41, 5.74) is 3.67. The Labute approximate surface area is 209 Å². The molecular weight excluding hydrogens is 528 g/mol. The summed E-state index contributed by atoms with van der Waals surface area (Å²) in [6.45, 7) is 3.60. The van der Waals surface area contributed by atoms with Gasteiger partial charge in [0.1, 0.15) is 0 Å². The number of carbonyl (C=O) groups is 2. The molecule has 2 aromatic carbocycles. The van der Waals surface area contributed by atoms with Gasteiger partial charge in [-0.25, -0.2) is 4.98 Å². The van der Waals surface area contributed by atoms with Gasteiger partial charge >= 0.3 is 5.97 Å². The van der Waals surface area contributed by atoms with E-state index in [9.17, 15) is 9.59 Å². The van der Waals surface area contributed by atoms with Gasteiger partial charge in [-0.15, -0.1) is 23.1 Å². The Kier molecular flexibility index (Phi) is 8.76. The molecule has 174 valence electrons. The summed E-state index contributed by atoms with van der Waals surface area (Å²) in [7, 11) is 3.14. The number of carbonyl (C=O) groups excluding carboxylic acids is 2. The minimum absolute atomic E-state index is 0.121. The van der Waals surface area contributed by atoms with E-state index >= 15 is 0 Å². The highest BCUT2D eigenvalue weighted by Crippen LogP contribution is 2.33. The van der Waals surface area contributed by atoms with E-state index in [0.717, 1.165) is 26.1 Å². The quantitative estimate of drug-likeness (QED) is 0.278. The highest BCUT2D eigenvalue weighted by atomic mass is 79.9. The molecule has 0 radical (unpaired) electrons. The number of nitrogens with zero attached hydrogens (tertiary/aromatic N) is 1. The maximum absolute atomic E-state index is 12.2. The maximum atomic E-state index is 12.2. The second-order valence-electron chi connectivity index (χ2n) is 6.97.